The van der Waals surface area contributed by atoms with Gasteiger partial charge in [0.25, 0.3) is 0 Å². The molecule has 1 amide bonds. The molecule has 0 radical (unpaired) electrons. The quantitative estimate of drug-likeness (QED) is 0.343. The average Bonchev–Trinajstić information content (AvgIpc) is 3.39. The molecule has 4 aromatic rings. The van der Waals surface area contributed by atoms with Gasteiger partial charge < -0.3 is 30.4 Å². The second kappa shape index (κ2) is 8.75. The van der Waals surface area contributed by atoms with E-state index >= 15 is 0 Å². The fourth-order valence-corrected chi connectivity index (χ4v) is 4.46. The summed E-state index contributed by atoms with van der Waals surface area (Å²) in [5, 5.41) is 13.9. The minimum Gasteiger partial charge on any atom is -0.389 e. The van der Waals surface area contributed by atoms with Gasteiger partial charge in [-0.15, -0.1) is 0 Å². The summed E-state index contributed by atoms with van der Waals surface area (Å²) in [6.45, 7) is 2.09. The number of hydrogen-bond acceptors (Lipinski definition) is 8. The Morgan fingerprint density at radius 2 is 2.21 bits per heavy atom. The van der Waals surface area contributed by atoms with E-state index in [4.69, 9.17) is 10.5 Å². The van der Waals surface area contributed by atoms with Gasteiger partial charge in [0.15, 0.2) is 11.5 Å². The number of fused-ring (bicyclic) bond motifs is 2. The molecule has 0 saturated heterocycles. The van der Waals surface area contributed by atoms with Crippen molar-refractivity contribution in [1.29, 1.82) is 0 Å². The molecule has 5 N–H and O–H groups in total. The summed E-state index contributed by atoms with van der Waals surface area (Å²) in [5.41, 5.74) is 9.89. The van der Waals surface area contributed by atoms with Gasteiger partial charge in [-0.2, -0.15) is 0 Å². The summed E-state index contributed by atoms with van der Waals surface area (Å²) < 4.78 is 7.37. The number of nitrogens with zero attached hydrogens (tertiary/aromatic N) is 5. The lowest BCUT2D eigenvalue weighted by Crippen LogP contribution is -2.50. The molecular formula is C22H26N8O3. The number of carbonyl (C=O) groups is 1. The molecule has 11 nitrogen and oxygen atoms in total. The second-order valence-electron chi connectivity index (χ2n) is 8.44. The van der Waals surface area contributed by atoms with Crippen molar-refractivity contribution in [2.24, 2.45) is 0 Å². The van der Waals surface area contributed by atoms with Crippen LogP contribution >= 0.6 is 0 Å². The van der Waals surface area contributed by atoms with Crippen molar-refractivity contribution in [2.45, 2.75) is 51.0 Å². The fraction of sp³-hybridized carbons (Fsp3) is 0.409. The number of H-pyrrole nitrogens is 1. The summed E-state index contributed by atoms with van der Waals surface area (Å²) in [6.07, 6.45) is 4.46. The summed E-state index contributed by atoms with van der Waals surface area (Å²) >= 11 is 0. The summed E-state index contributed by atoms with van der Waals surface area (Å²) in [6, 6.07) is 5.29. The van der Waals surface area contributed by atoms with E-state index in [-0.39, 0.29) is 25.2 Å². The molecule has 0 spiro atoms. The molecule has 172 valence electrons. The van der Waals surface area contributed by atoms with Crippen LogP contribution in [0.1, 0.15) is 36.7 Å². The first-order valence-electron chi connectivity index (χ1n) is 10.9. The zero-order chi connectivity index (χ0) is 22.9. The standard InChI is InChI=1S/C22H26N8O3/c1-12-5-6-13-15(7-12)28-17(27-13)8-33-9-18(31)29-14-3-2-4-16(20(14)32)30-11-26-19-21(23)24-10-25-22(19)30/h5-7,10-11,14,16,20,32H,2-4,8-9H2,1H3,(H,27,28)(H,29,31)(H2,23,24,25)/t14-,16-,20-/m0/s1. The molecule has 1 saturated carbocycles. The van der Waals surface area contributed by atoms with Crippen molar-refractivity contribution < 1.29 is 14.6 Å². The third kappa shape index (κ3) is 4.24. The molecule has 3 heterocycles. The van der Waals surface area contributed by atoms with Crippen LogP contribution in [0.25, 0.3) is 22.2 Å². The first-order chi connectivity index (χ1) is 16.0. The van der Waals surface area contributed by atoms with Gasteiger partial charge in [-0.05, 0) is 43.9 Å². The third-order valence-electron chi connectivity index (χ3n) is 6.07. The predicted octanol–water partition coefficient (Wildman–Crippen LogP) is 1.38. The van der Waals surface area contributed by atoms with Crippen LogP contribution < -0.4 is 11.1 Å². The van der Waals surface area contributed by atoms with Gasteiger partial charge in [0.1, 0.15) is 30.9 Å². The van der Waals surface area contributed by atoms with Crippen molar-refractivity contribution in [3.63, 3.8) is 0 Å². The monoisotopic (exact) mass is 450 g/mol. The first-order valence-corrected chi connectivity index (χ1v) is 10.9. The van der Waals surface area contributed by atoms with Crippen LogP contribution in [0, 0.1) is 6.92 Å². The molecule has 1 aliphatic rings. The van der Waals surface area contributed by atoms with Crippen LogP contribution in [-0.4, -0.2) is 59.3 Å². The van der Waals surface area contributed by atoms with E-state index < -0.39 is 12.1 Å². The number of carbonyl (C=O) groups excluding carboxylic acids is 1. The van der Waals surface area contributed by atoms with Gasteiger partial charge in [0.2, 0.25) is 5.91 Å². The number of nitrogens with one attached hydrogen (secondary N) is 2. The van der Waals surface area contributed by atoms with Crippen LogP contribution in [0.3, 0.4) is 0 Å². The van der Waals surface area contributed by atoms with Crippen LogP contribution in [0.4, 0.5) is 5.82 Å². The molecule has 3 atom stereocenters. The number of aromatic nitrogens is 6. The minimum atomic E-state index is -0.796. The number of aliphatic hydroxyl groups is 1. The number of ether oxygens (including phenoxy) is 1. The van der Waals surface area contributed by atoms with Crippen LogP contribution in [0.15, 0.2) is 30.9 Å². The second-order valence-corrected chi connectivity index (χ2v) is 8.44. The topological polar surface area (TPSA) is 157 Å². The Hall–Kier alpha value is -3.57. The number of anilines is 1. The molecule has 1 aromatic carbocycles. The Balaban J connectivity index is 1.18. The molecule has 0 bridgehead atoms. The van der Waals surface area contributed by atoms with Crippen LogP contribution in [-0.2, 0) is 16.1 Å². The largest absolute Gasteiger partial charge is 0.389 e. The first kappa shape index (κ1) is 21.3. The Kier molecular flexibility index (Phi) is 5.65. The van der Waals surface area contributed by atoms with Crippen LogP contribution in [0.5, 0.6) is 0 Å². The Bertz CT molecular complexity index is 1300. The Labute approximate surface area is 189 Å². The molecule has 5 rings (SSSR count). The average molecular weight is 451 g/mol. The van der Waals surface area contributed by atoms with Crippen molar-refractivity contribution in [3.8, 4) is 0 Å². The van der Waals surface area contributed by atoms with Crippen molar-refractivity contribution >= 4 is 33.9 Å². The number of imidazole rings is 2. The molecule has 33 heavy (non-hydrogen) atoms. The fourth-order valence-electron chi connectivity index (χ4n) is 4.46. The molecule has 3 aromatic heterocycles. The van der Waals surface area contributed by atoms with Crippen molar-refractivity contribution in [2.75, 3.05) is 12.3 Å². The van der Waals surface area contributed by atoms with Gasteiger partial charge in [-0.3, -0.25) is 4.79 Å². The number of aromatic amines is 1. The normalized spacial score (nSPS) is 21.0. The van der Waals surface area contributed by atoms with Gasteiger partial charge in [-0.25, -0.2) is 19.9 Å². The number of nitrogen functional groups attached to an aromatic ring is 1. The number of rotatable bonds is 6. The minimum absolute atomic E-state index is 0.123. The highest BCUT2D eigenvalue weighted by atomic mass is 16.5. The SMILES string of the molecule is Cc1ccc2nc(COCC(=O)N[C@H]3CCC[C@H](n4cnc5c(N)ncnc54)[C@H]3O)[nH]c2c1. The molecule has 11 heteroatoms. The van der Waals surface area contributed by atoms with Crippen LogP contribution in [0.2, 0.25) is 0 Å². The van der Waals surface area contributed by atoms with Crippen molar-refractivity contribution in [1.82, 2.24) is 34.8 Å². The molecule has 0 aliphatic heterocycles. The lowest BCUT2D eigenvalue weighted by molar-refractivity contribution is -0.128. The number of nitrogens with two attached hydrogens (primary N) is 1. The zero-order valence-corrected chi connectivity index (χ0v) is 18.2. The summed E-state index contributed by atoms with van der Waals surface area (Å²) in [5.74, 6) is 0.675. The van der Waals surface area contributed by atoms with E-state index in [1.165, 1.54) is 6.33 Å². The number of benzene rings is 1. The van der Waals surface area contributed by atoms with E-state index in [2.05, 4.69) is 30.2 Å². The van der Waals surface area contributed by atoms with E-state index in [1.807, 2.05) is 29.7 Å². The van der Waals surface area contributed by atoms with Crippen molar-refractivity contribution in [3.05, 3.63) is 42.2 Å². The van der Waals surface area contributed by atoms with Gasteiger partial charge in [-0.1, -0.05) is 6.07 Å². The number of aryl methyl sites for hydroxylation is 1. The van der Waals surface area contributed by atoms with Gasteiger partial charge >= 0.3 is 0 Å². The predicted molar refractivity (Wildman–Crippen MR) is 121 cm³/mol. The highest BCUT2D eigenvalue weighted by Gasteiger charge is 2.35. The van der Waals surface area contributed by atoms with Gasteiger partial charge in [0, 0.05) is 0 Å². The van der Waals surface area contributed by atoms with E-state index in [0.29, 0.717) is 29.2 Å². The molecule has 1 fully saturated rings. The number of hydrogen-bond donors (Lipinski definition) is 4. The summed E-state index contributed by atoms with van der Waals surface area (Å²) in [7, 11) is 0. The summed E-state index contributed by atoms with van der Waals surface area (Å²) in [4.78, 5) is 32.7. The highest BCUT2D eigenvalue weighted by Crippen LogP contribution is 2.31. The van der Waals surface area contributed by atoms with E-state index in [0.717, 1.165) is 29.4 Å². The maximum Gasteiger partial charge on any atom is 0.246 e. The molecular weight excluding hydrogens is 424 g/mol. The Morgan fingerprint density at radius 1 is 1.33 bits per heavy atom. The zero-order valence-electron chi connectivity index (χ0n) is 18.2. The Morgan fingerprint density at radius 3 is 3.09 bits per heavy atom. The maximum absolute atomic E-state index is 12.5. The number of aliphatic hydroxyl groups excluding tert-OH is 1. The lowest BCUT2D eigenvalue weighted by Gasteiger charge is -2.35. The lowest BCUT2D eigenvalue weighted by atomic mass is 9.88. The molecule has 1 aliphatic carbocycles. The smallest absolute Gasteiger partial charge is 0.246 e. The van der Waals surface area contributed by atoms with Gasteiger partial charge in [0.05, 0.1) is 35.5 Å². The van der Waals surface area contributed by atoms with E-state index in [9.17, 15) is 9.90 Å². The third-order valence-corrected chi connectivity index (χ3v) is 6.07. The van der Waals surface area contributed by atoms with E-state index in [1.54, 1.807) is 6.33 Å². The highest BCUT2D eigenvalue weighted by molar-refractivity contribution is 5.81. The maximum atomic E-state index is 12.5. The molecule has 0 unspecified atom stereocenters. The number of amides is 1.